The maximum Gasteiger partial charge on any atom is 0.346 e. The molecule has 0 aromatic carbocycles. The SMILES string of the molecule is C=CC=CC(=O)OC#N. The molecule has 3 nitrogen and oxygen atoms in total. The van der Waals surface area contributed by atoms with Gasteiger partial charge in [0.1, 0.15) is 0 Å². The average Bonchev–Trinajstić information content (AvgIpc) is 1.85. The monoisotopic (exact) mass is 123 g/mol. The topological polar surface area (TPSA) is 50.1 Å². The minimum Gasteiger partial charge on any atom is -0.347 e. The van der Waals surface area contributed by atoms with Crippen LogP contribution in [0.5, 0.6) is 0 Å². The van der Waals surface area contributed by atoms with E-state index in [1.807, 2.05) is 0 Å². The minimum atomic E-state index is -0.683. The first kappa shape index (κ1) is 7.44. The van der Waals surface area contributed by atoms with Crippen molar-refractivity contribution >= 4 is 5.97 Å². The van der Waals surface area contributed by atoms with Crippen LogP contribution in [0.3, 0.4) is 0 Å². The number of rotatable bonds is 2. The van der Waals surface area contributed by atoms with Crippen molar-refractivity contribution in [2.45, 2.75) is 0 Å². The van der Waals surface area contributed by atoms with Gasteiger partial charge in [-0.15, -0.1) is 5.26 Å². The Balaban J connectivity index is 3.66. The van der Waals surface area contributed by atoms with Gasteiger partial charge in [0.25, 0.3) is 6.26 Å². The Morgan fingerprint density at radius 1 is 1.78 bits per heavy atom. The molecule has 0 N–H and O–H groups in total. The molecular formula is C6H5NO2. The largest absolute Gasteiger partial charge is 0.347 e. The second-order valence-corrected chi connectivity index (χ2v) is 1.11. The smallest absolute Gasteiger partial charge is 0.346 e. The highest BCUT2D eigenvalue weighted by Crippen LogP contribution is 1.78. The summed E-state index contributed by atoms with van der Waals surface area (Å²) in [5.74, 6) is -0.683. The van der Waals surface area contributed by atoms with E-state index in [0.717, 1.165) is 6.08 Å². The zero-order chi connectivity index (χ0) is 7.11. The third-order valence-electron chi connectivity index (χ3n) is 0.515. The van der Waals surface area contributed by atoms with Crippen molar-refractivity contribution in [3.63, 3.8) is 0 Å². The molecule has 0 radical (unpaired) electrons. The van der Waals surface area contributed by atoms with Gasteiger partial charge < -0.3 is 4.74 Å². The van der Waals surface area contributed by atoms with Gasteiger partial charge in [-0.3, -0.25) is 0 Å². The molecule has 0 saturated heterocycles. The molecule has 0 rings (SSSR count). The zero-order valence-electron chi connectivity index (χ0n) is 4.70. The molecular weight excluding hydrogens is 118 g/mol. The Bertz CT molecular complexity index is 176. The van der Waals surface area contributed by atoms with Gasteiger partial charge >= 0.3 is 5.97 Å². The van der Waals surface area contributed by atoms with Gasteiger partial charge in [-0.2, -0.15) is 0 Å². The standard InChI is InChI=1S/C6H5NO2/c1-2-3-4-6(8)9-5-7/h2-4H,1H2. The molecule has 46 valence electrons. The van der Waals surface area contributed by atoms with Crippen molar-refractivity contribution in [2.24, 2.45) is 0 Å². The number of hydrogen-bond donors (Lipinski definition) is 0. The predicted molar refractivity (Wildman–Crippen MR) is 31.0 cm³/mol. The van der Waals surface area contributed by atoms with E-state index in [1.54, 1.807) is 0 Å². The number of nitriles is 1. The van der Waals surface area contributed by atoms with E-state index in [2.05, 4.69) is 11.3 Å². The molecule has 9 heavy (non-hydrogen) atoms. The summed E-state index contributed by atoms with van der Waals surface area (Å²) in [6.45, 7) is 3.32. The summed E-state index contributed by atoms with van der Waals surface area (Å²) < 4.78 is 3.88. The third-order valence-corrected chi connectivity index (χ3v) is 0.515. The van der Waals surface area contributed by atoms with Crippen LogP contribution < -0.4 is 0 Å². The third kappa shape index (κ3) is 4.29. The van der Waals surface area contributed by atoms with Crippen LogP contribution in [-0.2, 0) is 9.53 Å². The average molecular weight is 123 g/mol. The normalized spacial score (nSPS) is 8.33. The number of nitrogens with zero attached hydrogens (tertiary/aromatic N) is 1. The lowest BCUT2D eigenvalue weighted by Gasteiger charge is -1.80. The Kier molecular flexibility index (Phi) is 3.80. The van der Waals surface area contributed by atoms with Crippen LogP contribution in [-0.4, -0.2) is 5.97 Å². The predicted octanol–water partition coefficient (Wildman–Crippen LogP) is 0.753. The van der Waals surface area contributed by atoms with Gasteiger partial charge in [0.15, 0.2) is 0 Å². The van der Waals surface area contributed by atoms with E-state index in [4.69, 9.17) is 5.26 Å². The molecule has 0 unspecified atom stereocenters. The first-order chi connectivity index (χ1) is 4.31. The van der Waals surface area contributed by atoms with Crippen LogP contribution >= 0.6 is 0 Å². The van der Waals surface area contributed by atoms with Crippen LogP contribution in [0, 0.1) is 11.5 Å². The number of esters is 1. The van der Waals surface area contributed by atoms with E-state index in [9.17, 15) is 4.79 Å². The summed E-state index contributed by atoms with van der Waals surface area (Å²) >= 11 is 0. The first-order valence-corrected chi connectivity index (χ1v) is 2.20. The molecule has 3 heteroatoms. The second-order valence-electron chi connectivity index (χ2n) is 1.11. The van der Waals surface area contributed by atoms with Gasteiger partial charge in [-0.25, -0.2) is 4.79 Å². The number of allylic oxidation sites excluding steroid dienone is 2. The fraction of sp³-hybridized carbons (Fsp3) is 0. The highest BCUT2D eigenvalue weighted by molar-refractivity contribution is 5.82. The number of carbonyl (C=O) groups is 1. The molecule has 0 fully saturated rings. The molecule has 0 aromatic rings. The summed E-state index contributed by atoms with van der Waals surface area (Å²) in [5.41, 5.74) is 0. The molecule has 0 aliphatic rings. The summed E-state index contributed by atoms with van der Waals surface area (Å²) in [6.07, 6.45) is 5.15. The Morgan fingerprint density at radius 3 is 2.89 bits per heavy atom. The maximum absolute atomic E-state index is 10.2. The lowest BCUT2D eigenvalue weighted by atomic mass is 10.5. The van der Waals surface area contributed by atoms with Gasteiger partial charge in [0.05, 0.1) is 0 Å². The highest BCUT2D eigenvalue weighted by atomic mass is 16.5. The molecule has 0 spiro atoms. The van der Waals surface area contributed by atoms with E-state index in [1.165, 1.54) is 18.4 Å². The summed E-state index contributed by atoms with van der Waals surface area (Å²) in [6, 6.07) is 0. The first-order valence-electron chi connectivity index (χ1n) is 2.20. The molecule has 0 aliphatic carbocycles. The van der Waals surface area contributed by atoms with Gasteiger partial charge in [0, 0.05) is 6.08 Å². The van der Waals surface area contributed by atoms with Crippen LogP contribution in [0.2, 0.25) is 0 Å². The Labute approximate surface area is 52.9 Å². The molecule has 0 saturated carbocycles. The van der Waals surface area contributed by atoms with Crippen molar-refractivity contribution in [2.75, 3.05) is 0 Å². The van der Waals surface area contributed by atoms with Crippen molar-refractivity contribution < 1.29 is 9.53 Å². The lowest BCUT2D eigenvalue weighted by Crippen LogP contribution is -1.92. The van der Waals surface area contributed by atoms with Crippen LogP contribution in [0.4, 0.5) is 0 Å². The molecule has 0 heterocycles. The number of ether oxygens (including phenoxy) is 1. The second kappa shape index (κ2) is 4.60. The fourth-order valence-electron chi connectivity index (χ4n) is 0.226. The van der Waals surface area contributed by atoms with Gasteiger partial charge in [-0.1, -0.05) is 18.7 Å². The van der Waals surface area contributed by atoms with Crippen molar-refractivity contribution in [3.05, 3.63) is 24.8 Å². The molecule has 0 atom stereocenters. The van der Waals surface area contributed by atoms with Crippen molar-refractivity contribution in [1.29, 1.82) is 5.26 Å². The minimum absolute atomic E-state index is 0.683. The summed E-state index contributed by atoms with van der Waals surface area (Å²) in [4.78, 5) is 10.2. The van der Waals surface area contributed by atoms with Gasteiger partial charge in [0.2, 0.25) is 0 Å². The summed E-state index contributed by atoms with van der Waals surface area (Å²) in [7, 11) is 0. The van der Waals surface area contributed by atoms with Crippen molar-refractivity contribution in [3.8, 4) is 6.26 Å². The van der Waals surface area contributed by atoms with Crippen LogP contribution in [0.1, 0.15) is 0 Å². The van der Waals surface area contributed by atoms with E-state index in [0.29, 0.717) is 0 Å². The molecule has 0 amide bonds. The highest BCUT2D eigenvalue weighted by Gasteiger charge is 1.90. The van der Waals surface area contributed by atoms with Crippen molar-refractivity contribution in [1.82, 2.24) is 0 Å². The maximum atomic E-state index is 10.2. The van der Waals surface area contributed by atoms with Gasteiger partial charge in [-0.05, 0) is 0 Å². The van der Waals surface area contributed by atoms with E-state index < -0.39 is 5.97 Å². The lowest BCUT2D eigenvalue weighted by molar-refractivity contribution is -0.131. The quantitative estimate of drug-likeness (QED) is 0.235. The Hall–Kier alpha value is -1.56. The van der Waals surface area contributed by atoms with E-state index in [-0.39, 0.29) is 0 Å². The zero-order valence-corrected chi connectivity index (χ0v) is 4.70. The molecule has 0 aromatic heterocycles. The van der Waals surface area contributed by atoms with E-state index >= 15 is 0 Å². The van der Waals surface area contributed by atoms with Crippen LogP contribution in [0.15, 0.2) is 24.8 Å². The van der Waals surface area contributed by atoms with Crippen LogP contribution in [0.25, 0.3) is 0 Å². The molecule has 0 bridgehead atoms. The Morgan fingerprint density at radius 2 is 2.44 bits per heavy atom. The number of carbonyl (C=O) groups excluding carboxylic acids is 1. The number of hydrogen-bond acceptors (Lipinski definition) is 3. The molecule has 0 aliphatic heterocycles. The fourth-order valence-corrected chi connectivity index (χ4v) is 0.226. The summed E-state index contributed by atoms with van der Waals surface area (Å²) in [5, 5.41) is 7.78.